The van der Waals surface area contributed by atoms with Crippen LogP contribution in [0.5, 0.6) is 5.88 Å². The number of aromatic nitrogens is 3. The number of rotatable bonds is 7. The Morgan fingerprint density at radius 3 is 2.57 bits per heavy atom. The van der Waals surface area contributed by atoms with Crippen molar-refractivity contribution in [2.75, 3.05) is 13.7 Å². The van der Waals surface area contributed by atoms with E-state index in [9.17, 15) is 0 Å². The maximum Gasteiger partial charge on any atom is 0.234 e. The zero-order valence-electron chi connectivity index (χ0n) is 12.8. The van der Waals surface area contributed by atoms with Crippen LogP contribution in [-0.2, 0) is 11.8 Å². The van der Waals surface area contributed by atoms with Gasteiger partial charge in [-0.05, 0) is 18.4 Å². The first-order valence-corrected chi connectivity index (χ1v) is 7.19. The zero-order valence-corrected chi connectivity index (χ0v) is 12.8. The summed E-state index contributed by atoms with van der Waals surface area (Å²) in [6.45, 7) is 4.69. The molecule has 114 valence electrons. The van der Waals surface area contributed by atoms with E-state index in [1.807, 2.05) is 12.1 Å². The molecule has 0 radical (unpaired) electrons. The van der Waals surface area contributed by atoms with Crippen molar-refractivity contribution < 1.29 is 9.26 Å². The van der Waals surface area contributed by atoms with Crippen LogP contribution in [0.2, 0.25) is 0 Å². The van der Waals surface area contributed by atoms with E-state index in [0.717, 1.165) is 18.4 Å². The van der Waals surface area contributed by atoms with Crippen LogP contribution < -0.4 is 10.5 Å². The molecule has 21 heavy (non-hydrogen) atoms. The van der Waals surface area contributed by atoms with Crippen LogP contribution in [0.3, 0.4) is 0 Å². The Hall–Kier alpha value is -1.95. The van der Waals surface area contributed by atoms with Crippen molar-refractivity contribution in [1.29, 1.82) is 0 Å². The number of hydrogen-bond donors (Lipinski definition) is 1. The molecule has 2 heterocycles. The molecule has 0 atom stereocenters. The molecular weight excluding hydrogens is 268 g/mol. The van der Waals surface area contributed by atoms with Gasteiger partial charge in [0.25, 0.3) is 0 Å². The first-order chi connectivity index (χ1) is 10.2. The van der Waals surface area contributed by atoms with Crippen LogP contribution in [-0.4, -0.2) is 28.8 Å². The standard InChI is InChI=1S/C15H22N4O2/c1-4-15(5-2,10-16)14-18-12(19-21-14)8-11-6-7-13(20-3)17-9-11/h6-7,9H,4-5,8,10,16H2,1-3H3. The van der Waals surface area contributed by atoms with Crippen molar-refractivity contribution in [2.45, 2.75) is 38.5 Å². The topological polar surface area (TPSA) is 87.1 Å². The summed E-state index contributed by atoms with van der Waals surface area (Å²) in [6.07, 6.45) is 4.09. The molecule has 6 heteroatoms. The third-order valence-electron chi connectivity index (χ3n) is 4.04. The van der Waals surface area contributed by atoms with E-state index in [1.165, 1.54) is 0 Å². The van der Waals surface area contributed by atoms with Gasteiger partial charge in [-0.15, -0.1) is 0 Å². The first kappa shape index (κ1) is 15.4. The van der Waals surface area contributed by atoms with Crippen LogP contribution in [0.4, 0.5) is 0 Å². The van der Waals surface area contributed by atoms with Gasteiger partial charge >= 0.3 is 0 Å². The van der Waals surface area contributed by atoms with Crippen molar-refractivity contribution in [3.05, 3.63) is 35.6 Å². The average molecular weight is 290 g/mol. The van der Waals surface area contributed by atoms with Gasteiger partial charge < -0.3 is 15.0 Å². The average Bonchev–Trinajstić information content (AvgIpc) is 2.99. The minimum Gasteiger partial charge on any atom is -0.481 e. The fourth-order valence-electron chi connectivity index (χ4n) is 2.29. The molecule has 0 saturated heterocycles. The highest BCUT2D eigenvalue weighted by Crippen LogP contribution is 2.29. The molecule has 0 aromatic carbocycles. The Kier molecular flexibility index (Phi) is 4.90. The Morgan fingerprint density at radius 2 is 2.05 bits per heavy atom. The summed E-state index contributed by atoms with van der Waals surface area (Å²) in [5.41, 5.74) is 6.69. The van der Waals surface area contributed by atoms with Crippen molar-refractivity contribution in [2.24, 2.45) is 5.73 Å². The van der Waals surface area contributed by atoms with Crippen LogP contribution in [0.25, 0.3) is 0 Å². The maximum atomic E-state index is 5.90. The van der Waals surface area contributed by atoms with Gasteiger partial charge in [0.1, 0.15) is 0 Å². The summed E-state index contributed by atoms with van der Waals surface area (Å²) in [5, 5.41) is 4.06. The van der Waals surface area contributed by atoms with Gasteiger partial charge in [0, 0.05) is 25.2 Å². The zero-order chi connectivity index (χ0) is 15.3. The van der Waals surface area contributed by atoms with Gasteiger partial charge in [0.05, 0.1) is 12.5 Å². The summed E-state index contributed by atoms with van der Waals surface area (Å²) in [6, 6.07) is 3.76. The fourth-order valence-corrected chi connectivity index (χ4v) is 2.29. The molecule has 0 saturated carbocycles. The van der Waals surface area contributed by atoms with E-state index in [-0.39, 0.29) is 5.41 Å². The van der Waals surface area contributed by atoms with E-state index in [0.29, 0.717) is 30.6 Å². The molecule has 0 aliphatic carbocycles. The lowest BCUT2D eigenvalue weighted by molar-refractivity contribution is 0.266. The fraction of sp³-hybridized carbons (Fsp3) is 0.533. The molecule has 2 aromatic rings. The number of hydrogen-bond acceptors (Lipinski definition) is 6. The number of nitrogens with two attached hydrogens (primary N) is 1. The number of pyridine rings is 1. The molecule has 2 rings (SSSR count). The van der Waals surface area contributed by atoms with Crippen LogP contribution in [0.1, 0.15) is 44.0 Å². The largest absolute Gasteiger partial charge is 0.481 e. The molecule has 0 aliphatic heterocycles. The van der Waals surface area contributed by atoms with Gasteiger partial charge in [0.15, 0.2) is 5.82 Å². The second-order valence-corrected chi connectivity index (χ2v) is 5.09. The van der Waals surface area contributed by atoms with Gasteiger partial charge in [0.2, 0.25) is 11.8 Å². The maximum absolute atomic E-state index is 5.90. The lowest BCUT2D eigenvalue weighted by Crippen LogP contribution is -2.34. The Balaban J connectivity index is 2.15. The smallest absolute Gasteiger partial charge is 0.234 e. The predicted molar refractivity (Wildman–Crippen MR) is 79.2 cm³/mol. The summed E-state index contributed by atoms with van der Waals surface area (Å²) in [5.74, 6) is 1.87. The highest BCUT2D eigenvalue weighted by molar-refractivity contribution is 5.20. The minimum absolute atomic E-state index is 0.219. The molecule has 0 bridgehead atoms. The second-order valence-electron chi connectivity index (χ2n) is 5.09. The van der Waals surface area contributed by atoms with E-state index in [1.54, 1.807) is 13.3 Å². The molecule has 2 aromatic heterocycles. The molecule has 0 amide bonds. The summed E-state index contributed by atoms with van der Waals surface area (Å²) >= 11 is 0. The molecular formula is C15H22N4O2. The molecule has 0 aliphatic rings. The van der Waals surface area contributed by atoms with E-state index in [2.05, 4.69) is 29.0 Å². The second kappa shape index (κ2) is 6.67. The number of ether oxygens (including phenoxy) is 1. The Morgan fingerprint density at radius 1 is 1.29 bits per heavy atom. The van der Waals surface area contributed by atoms with Gasteiger partial charge in [-0.3, -0.25) is 0 Å². The highest BCUT2D eigenvalue weighted by Gasteiger charge is 2.33. The number of methoxy groups -OCH3 is 1. The van der Waals surface area contributed by atoms with Crippen LogP contribution in [0, 0.1) is 0 Å². The van der Waals surface area contributed by atoms with Crippen molar-refractivity contribution in [3.63, 3.8) is 0 Å². The van der Waals surface area contributed by atoms with E-state index in [4.69, 9.17) is 15.0 Å². The SMILES string of the molecule is CCC(CC)(CN)c1nc(Cc2ccc(OC)nc2)no1. The Labute approximate surface area is 124 Å². The molecule has 6 nitrogen and oxygen atoms in total. The van der Waals surface area contributed by atoms with E-state index < -0.39 is 0 Å². The van der Waals surface area contributed by atoms with Crippen molar-refractivity contribution >= 4 is 0 Å². The van der Waals surface area contributed by atoms with Crippen molar-refractivity contribution in [3.8, 4) is 5.88 Å². The Bertz CT molecular complexity index is 553. The lowest BCUT2D eigenvalue weighted by Gasteiger charge is -2.24. The van der Waals surface area contributed by atoms with Gasteiger partial charge in [-0.1, -0.05) is 25.1 Å². The molecule has 2 N–H and O–H groups in total. The summed E-state index contributed by atoms with van der Waals surface area (Å²) in [7, 11) is 1.59. The van der Waals surface area contributed by atoms with Crippen LogP contribution >= 0.6 is 0 Å². The lowest BCUT2D eigenvalue weighted by atomic mass is 9.82. The summed E-state index contributed by atoms with van der Waals surface area (Å²) in [4.78, 5) is 8.69. The molecule has 0 unspecified atom stereocenters. The third kappa shape index (κ3) is 3.21. The highest BCUT2D eigenvalue weighted by atomic mass is 16.5. The van der Waals surface area contributed by atoms with Gasteiger partial charge in [-0.25, -0.2) is 4.98 Å². The van der Waals surface area contributed by atoms with Crippen LogP contribution in [0.15, 0.2) is 22.9 Å². The van der Waals surface area contributed by atoms with Gasteiger partial charge in [-0.2, -0.15) is 4.98 Å². The first-order valence-electron chi connectivity index (χ1n) is 7.19. The molecule has 0 fully saturated rings. The predicted octanol–water partition coefficient (Wildman–Crippen LogP) is 2.08. The normalized spacial score (nSPS) is 11.6. The summed E-state index contributed by atoms with van der Waals surface area (Å²) < 4.78 is 10.5. The third-order valence-corrected chi connectivity index (χ3v) is 4.04. The number of nitrogens with zero attached hydrogens (tertiary/aromatic N) is 3. The van der Waals surface area contributed by atoms with E-state index >= 15 is 0 Å². The molecule has 0 spiro atoms. The monoisotopic (exact) mass is 290 g/mol. The minimum atomic E-state index is -0.219. The van der Waals surface area contributed by atoms with Crippen molar-refractivity contribution in [1.82, 2.24) is 15.1 Å². The quantitative estimate of drug-likeness (QED) is 0.840.